The van der Waals surface area contributed by atoms with Gasteiger partial charge in [-0.1, -0.05) is 42.5 Å². The Balaban J connectivity index is 1.58. The largest absolute Gasteiger partial charge is 0.381 e. The van der Waals surface area contributed by atoms with E-state index in [-0.39, 0.29) is 42.5 Å². The minimum atomic E-state index is -3.71. The lowest BCUT2D eigenvalue weighted by Crippen LogP contribution is -2.45. The summed E-state index contributed by atoms with van der Waals surface area (Å²) in [5.41, 5.74) is 0.571. The third-order valence-corrected chi connectivity index (χ3v) is 11.3. The number of halogens is 1. The fourth-order valence-corrected chi connectivity index (χ4v) is 8.53. The predicted octanol–water partition coefficient (Wildman–Crippen LogP) is 4.32. The zero-order chi connectivity index (χ0) is 27.6. The molecule has 2 atom stereocenters. The molecule has 2 aromatic rings. The number of nitrogens with zero attached hydrogens (tertiary/aromatic N) is 1. The van der Waals surface area contributed by atoms with E-state index >= 15 is 4.39 Å². The van der Waals surface area contributed by atoms with Crippen molar-refractivity contribution in [1.29, 1.82) is 0 Å². The summed E-state index contributed by atoms with van der Waals surface area (Å²) < 4.78 is 72.6. The number of hydrogen-bond acceptors (Lipinski definition) is 6. The van der Waals surface area contributed by atoms with Gasteiger partial charge >= 0.3 is 0 Å². The maximum Gasteiger partial charge on any atom is 0.221 e. The van der Waals surface area contributed by atoms with Crippen molar-refractivity contribution in [3.05, 3.63) is 71.0 Å². The molecule has 0 radical (unpaired) electrons. The minimum Gasteiger partial charge on any atom is -0.381 e. The van der Waals surface area contributed by atoms with Crippen LogP contribution in [0.2, 0.25) is 0 Å². The molecule has 0 saturated carbocycles. The number of Topliss-reactive ketones (excluding diaryl/α,β-unsaturated/α-hetero) is 1. The van der Waals surface area contributed by atoms with E-state index in [1.165, 1.54) is 10.4 Å². The van der Waals surface area contributed by atoms with Crippen LogP contribution >= 0.6 is 0 Å². The predicted molar refractivity (Wildman–Crippen MR) is 144 cm³/mol. The van der Waals surface area contributed by atoms with Crippen molar-refractivity contribution in [2.45, 2.75) is 68.7 Å². The van der Waals surface area contributed by atoms with Gasteiger partial charge in [-0.15, -0.1) is 0 Å². The van der Waals surface area contributed by atoms with Gasteiger partial charge in [-0.2, -0.15) is 4.31 Å². The molecule has 0 aromatic heterocycles. The van der Waals surface area contributed by atoms with Crippen LogP contribution in [0.25, 0.3) is 0 Å². The lowest BCUT2D eigenvalue weighted by Gasteiger charge is -2.38. The summed E-state index contributed by atoms with van der Waals surface area (Å²) in [6, 6.07) is 13.5. The second-order valence-corrected chi connectivity index (χ2v) is 14.9. The SMILES string of the molecule is C[C@H]1CC[C@H](c2ccccc2)S(=O)(=O)N1Cc1ccc(C2(C(=O)CCCS(C)(=O)=O)CCOCC2)cc1F. The molecule has 7 nitrogen and oxygen atoms in total. The molecule has 4 rings (SSSR count). The first-order chi connectivity index (χ1) is 17.9. The number of sulfone groups is 1. The first kappa shape index (κ1) is 28.9. The lowest BCUT2D eigenvalue weighted by atomic mass is 9.69. The Bertz CT molecular complexity index is 1350. The molecule has 38 heavy (non-hydrogen) atoms. The van der Waals surface area contributed by atoms with Gasteiger partial charge in [0.1, 0.15) is 26.7 Å². The molecule has 0 aliphatic carbocycles. The van der Waals surface area contributed by atoms with Crippen molar-refractivity contribution in [2.24, 2.45) is 0 Å². The number of ether oxygens (including phenoxy) is 1. The van der Waals surface area contributed by atoms with Gasteiger partial charge in [0.25, 0.3) is 0 Å². The van der Waals surface area contributed by atoms with E-state index in [0.717, 1.165) is 11.8 Å². The van der Waals surface area contributed by atoms with Crippen LogP contribution in [0.5, 0.6) is 0 Å². The van der Waals surface area contributed by atoms with Crippen LogP contribution < -0.4 is 0 Å². The number of carbonyl (C=O) groups excluding carboxylic acids is 1. The van der Waals surface area contributed by atoms with Crippen molar-refractivity contribution < 1.29 is 30.8 Å². The van der Waals surface area contributed by atoms with E-state index in [2.05, 4.69) is 0 Å². The Morgan fingerprint density at radius 3 is 2.42 bits per heavy atom. The first-order valence-electron chi connectivity index (χ1n) is 13.1. The van der Waals surface area contributed by atoms with Gasteiger partial charge < -0.3 is 4.74 Å². The summed E-state index contributed by atoms with van der Waals surface area (Å²) in [4.78, 5) is 13.4. The van der Waals surface area contributed by atoms with E-state index < -0.39 is 36.3 Å². The Morgan fingerprint density at radius 1 is 1.11 bits per heavy atom. The molecule has 0 unspecified atom stereocenters. The quantitative estimate of drug-likeness (QED) is 0.449. The second kappa shape index (κ2) is 11.5. The average molecular weight is 566 g/mol. The molecule has 2 saturated heterocycles. The summed E-state index contributed by atoms with van der Waals surface area (Å²) in [6.07, 6.45) is 3.40. The maximum atomic E-state index is 15.6. The van der Waals surface area contributed by atoms with Crippen LogP contribution in [0, 0.1) is 5.82 Å². The number of sulfonamides is 1. The highest BCUT2D eigenvalue weighted by molar-refractivity contribution is 7.90. The molecule has 2 aromatic carbocycles. The molecule has 2 fully saturated rings. The van der Waals surface area contributed by atoms with Crippen molar-refractivity contribution in [3.8, 4) is 0 Å². The standard InChI is InChI=1S/C28H36FNO6S2/c1-21-10-13-26(22-7-4-3-5-8-22)38(34,35)30(21)20-23-11-12-24(19-25(23)29)28(14-16-36-17-15-28)27(31)9-6-18-37(2,32)33/h3-5,7-8,11-12,19,21,26H,6,9-10,13-18,20H2,1-2H3/t21-,26+/m0/s1. The fraction of sp³-hybridized carbons (Fsp3) is 0.536. The average Bonchev–Trinajstić information content (AvgIpc) is 2.87. The monoisotopic (exact) mass is 565 g/mol. The molecular formula is C28H36FNO6S2. The highest BCUT2D eigenvalue weighted by atomic mass is 32.2. The summed E-state index contributed by atoms with van der Waals surface area (Å²) in [5, 5.41) is -0.669. The Labute approximate surface area is 225 Å². The summed E-state index contributed by atoms with van der Waals surface area (Å²) in [7, 11) is -6.90. The van der Waals surface area contributed by atoms with E-state index in [1.54, 1.807) is 12.1 Å². The summed E-state index contributed by atoms with van der Waals surface area (Å²) in [6.45, 7) is 2.46. The van der Waals surface area contributed by atoms with E-state index in [4.69, 9.17) is 4.74 Å². The van der Waals surface area contributed by atoms with Crippen molar-refractivity contribution in [3.63, 3.8) is 0 Å². The molecule has 0 N–H and O–H groups in total. The van der Waals surface area contributed by atoms with Crippen LogP contribution in [-0.2, 0) is 41.4 Å². The van der Waals surface area contributed by atoms with Crippen molar-refractivity contribution >= 4 is 25.6 Å². The molecule has 0 spiro atoms. The van der Waals surface area contributed by atoms with Gasteiger partial charge in [0.2, 0.25) is 10.0 Å². The molecule has 10 heteroatoms. The second-order valence-electron chi connectivity index (χ2n) is 10.6. The normalized spacial score (nSPS) is 23.7. The highest BCUT2D eigenvalue weighted by Crippen LogP contribution is 2.40. The molecule has 0 bridgehead atoms. The Kier molecular flexibility index (Phi) is 8.76. The third-order valence-electron chi connectivity index (χ3n) is 7.93. The van der Waals surface area contributed by atoms with E-state index in [9.17, 15) is 21.6 Å². The van der Waals surface area contributed by atoms with Gasteiger partial charge in [0, 0.05) is 44.0 Å². The molecular weight excluding hydrogens is 529 g/mol. The topological polar surface area (TPSA) is 97.8 Å². The Hall–Kier alpha value is -2.14. The van der Waals surface area contributed by atoms with Crippen LogP contribution in [0.15, 0.2) is 48.5 Å². The number of carbonyl (C=O) groups is 1. The highest BCUT2D eigenvalue weighted by Gasteiger charge is 2.43. The number of benzene rings is 2. The van der Waals surface area contributed by atoms with Crippen LogP contribution in [0.4, 0.5) is 4.39 Å². The minimum absolute atomic E-state index is 0.0783. The van der Waals surface area contributed by atoms with Crippen molar-refractivity contribution in [1.82, 2.24) is 4.31 Å². The van der Waals surface area contributed by atoms with E-state index in [1.807, 2.05) is 37.3 Å². The molecule has 2 heterocycles. The van der Waals surface area contributed by atoms with Crippen LogP contribution in [-0.4, -0.2) is 58.2 Å². The van der Waals surface area contributed by atoms with E-state index in [0.29, 0.717) is 44.5 Å². The smallest absolute Gasteiger partial charge is 0.221 e. The zero-order valence-corrected chi connectivity index (χ0v) is 23.6. The first-order valence-corrected chi connectivity index (χ1v) is 16.6. The summed E-state index contributed by atoms with van der Waals surface area (Å²) >= 11 is 0. The molecule has 2 aliphatic heterocycles. The number of ketones is 1. The summed E-state index contributed by atoms with van der Waals surface area (Å²) in [5.74, 6) is -0.749. The van der Waals surface area contributed by atoms with Crippen LogP contribution in [0.3, 0.4) is 0 Å². The number of hydrogen-bond donors (Lipinski definition) is 0. The van der Waals surface area contributed by atoms with Crippen molar-refractivity contribution in [2.75, 3.05) is 25.2 Å². The van der Waals surface area contributed by atoms with Gasteiger partial charge in [0.15, 0.2) is 0 Å². The fourth-order valence-electron chi connectivity index (χ4n) is 5.68. The number of rotatable bonds is 9. The van der Waals surface area contributed by atoms with Gasteiger partial charge in [0.05, 0.1) is 11.2 Å². The van der Waals surface area contributed by atoms with Gasteiger partial charge in [-0.05, 0) is 56.2 Å². The zero-order valence-electron chi connectivity index (χ0n) is 21.9. The Morgan fingerprint density at radius 2 is 1.79 bits per heavy atom. The van der Waals surface area contributed by atoms with Crippen LogP contribution in [0.1, 0.15) is 67.4 Å². The molecule has 2 aliphatic rings. The lowest BCUT2D eigenvalue weighted by molar-refractivity contribution is -0.128. The molecule has 208 valence electrons. The third kappa shape index (κ3) is 6.19. The van der Waals surface area contributed by atoms with Gasteiger partial charge in [-0.25, -0.2) is 21.2 Å². The molecule has 0 amide bonds. The van der Waals surface area contributed by atoms with Gasteiger partial charge in [-0.3, -0.25) is 4.79 Å². The maximum absolute atomic E-state index is 15.6.